The number of para-hydroxylation sites is 1. The Morgan fingerprint density at radius 3 is 2.73 bits per heavy atom. The van der Waals surface area contributed by atoms with Crippen molar-refractivity contribution < 1.29 is 4.79 Å². The van der Waals surface area contributed by atoms with Crippen molar-refractivity contribution in [3.63, 3.8) is 0 Å². The van der Waals surface area contributed by atoms with Crippen molar-refractivity contribution in [3.8, 4) is 23.0 Å². The molecular weight excluding hydrogens is 394 g/mol. The minimum atomic E-state index is -0.505. The number of anilines is 1. The summed E-state index contributed by atoms with van der Waals surface area (Å²) in [5.41, 5.74) is 4.24. The summed E-state index contributed by atoms with van der Waals surface area (Å²) in [6.45, 7) is 2.01. The molecule has 0 unspecified atom stereocenters. The van der Waals surface area contributed by atoms with Crippen molar-refractivity contribution in [1.82, 2.24) is 14.8 Å². The van der Waals surface area contributed by atoms with Gasteiger partial charge in [-0.05, 0) is 31.2 Å². The second kappa shape index (κ2) is 8.55. The van der Waals surface area contributed by atoms with Crippen molar-refractivity contribution in [2.75, 3.05) is 5.32 Å². The molecule has 30 heavy (non-hydrogen) atoms. The van der Waals surface area contributed by atoms with E-state index in [0.29, 0.717) is 16.4 Å². The van der Waals surface area contributed by atoms with Crippen molar-refractivity contribution in [2.24, 2.45) is 0 Å². The first-order valence-electron chi connectivity index (χ1n) is 9.19. The third-order valence-corrected chi connectivity index (χ3v) is 5.06. The first kappa shape index (κ1) is 19.3. The second-order valence-electron chi connectivity index (χ2n) is 6.54. The molecule has 2 aromatic carbocycles. The van der Waals surface area contributed by atoms with Gasteiger partial charge in [0.25, 0.3) is 5.91 Å². The number of amides is 1. The van der Waals surface area contributed by atoms with Crippen molar-refractivity contribution >= 4 is 28.5 Å². The summed E-state index contributed by atoms with van der Waals surface area (Å²) in [5, 5.41) is 19.2. The maximum absolute atomic E-state index is 12.6. The highest BCUT2D eigenvalue weighted by molar-refractivity contribution is 7.13. The summed E-state index contributed by atoms with van der Waals surface area (Å²) in [4.78, 5) is 16.6. The van der Waals surface area contributed by atoms with Crippen LogP contribution in [0, 0.1) is 18.3 Å². The Morgan fingerprint density at radius 2 is 2.03 bits per heavy atom. The molecule has 0 aliphatic carbocycles. The van der Waals surface area contributed by atoms with E-state index in [1.165, 1.54) is 11.3 Å². The lowest BCUT2D eigenvalue weighted by Gasteiger charge is -2.02. The Hall–Kier alpha value is -4.02. The van der Waals surface area contributed by atoms with E-state index in [0.717, 1.165) is 16.8 Å². The molecule has 1 amide bonds. The molecule has 0 aliphatic heterocycles. The summed E-state index contributed by atoms with van der Waals surface area (Å²) in [5.74, 6) is -0.505. The Morgan fingerprint density at radius 1 is 1.20 bits per heavy atom. The molecule has 2 heterocycles. The van der Waals surface area contributed by atoms with Gasteiger partial charge in [-0.25, -0.2) is 9.67 Å². The van der Waals surface area contributed by atoms with Crippen molar-refractivity contribution in [2.45, 2.75) is 6.92 Å². The molecule has 7 heteroatoms. The first-order chi connectivity index (χ1) is 14.6. The van der Waals surface area contributed by atoms with E-state index >= 15 is 0 Å². The lowest BCUT2D eigenvalue weighted by Crippen LogP contribution is -2.13. The van der Waals surface area contributed by atoms with Gasteiger partial charge in [0.05, 0.1) is 5.69 Å². The van der Waals surface area contributed by atoms with Crippen LogP contribution in [0.15, 0.2) is 77.9 Å². The molecule has 2 aromatic heterocycles. The van der Waals surface area contributed by atoms with Crippen LogP contribution in [-0.2, 0) is 4.79 Å². The fourth-order valence-electron chi connectivity index (χ4n) is 2.98. The Kier molecular flexibility index (Phi) is 5.50. The fourth-order valence-corrected chi connectivity index (χ4v) is 3.50. The summed E-state index contributed by atoms with van der Waals surface area (Å²) in [7, 11) is 0. The summed E-state index contributed by atoms with van der Waals surface area (Å²) < 4.78 is 1.75. The van der Waals surface area contributed by atoms with E-state index in [1.807, 2.05) is 73.8 Å². The van der Waals surface area contributed by atoms with Crippen LogP contribution >= 0.6 is 11.3 Å². The van der Waals surface area contributed by atoms with Gasteiger partial charge in [0.2, 0.25) is 0 Å². The second-order valence-corrected chi connectivity index (χ2v) is 7.44. The van der Waals surface area contributed by atoms with Crippen LogP contribution in [0.3, 0.4) is 0 Å². The molecule has 0 bridgehead atoms. The molecule has 0 saturated heterocycles. The molecule has 146 valence electrons. The molecule has 0 radical (unpaired) electrons. The smallest absolute Gasteiger partial charge is 0.268 e. The quantitative estimate of drug-likeness (QED) is 0.376. The van der Waals surface area contributed by atoms with Crippen LogP contribution in [0.25, 0.3) is 23.0 Å². The normalized spacial score (nSPS) is 11.1. The number of carbonyl (C=O) groups is 1. The zero-order valence-corrected chi connectivity index (χ0v) is 16.9. The van der Waals surface area contributed by atoms with Gasteiger partial charge < -0.3 is 0 Å². The van der Waals surface area contributed by atoms with Crippen LogP contribution < -0.4 is 5.32 Å². The number of hydrogen-bond donors (Lipinski definition) is 1. The van der Waals surface area contributed by atoms with Gasteiger partial charge >= 0.3 is 0 Å². The van der Waals surface area contributed by atoms with E-state index < -0.39 is 5.91 Å². The maximum atomic E-state index is 12.6. The van der Waals surface area contributed by atoms with Crippen LogP contribution in [-0.4, -0.2) is 20.7 Å². The van der Waals surface area contributed by atoms with Gasteiger partial charge in [-0.15, -0.1) is 11.3 Å². The van der Waals surface area contributed by atoms with E-state index in [9.17, 15) is 10.1 Å². The van der Waals surface area contributed by atoms with E-state index in [-0.39, 0.29) is 5.57 Å². The molecule has 4 aromatic rings. The van der Waals surface area contributed by atoms with E-state index in [4.69, 9.17) is 5.10 Å². The molecule has 1 N–H and O–H groups in total. The third-order valence-electron chi connectivity index (χ3n) is 4.37. The third kappa shape index (κ3) is 4.19. The number of nitriles is 1. The highest BCUT2D eigenvalue weighted by Crippen LogP contribution is 2.27. The molecule has 0 saturated carbocycles. The van der Waals surface area contributed by atoms with Gasteiger partial charge in [-0.1, -0.05) is 42.0 Å². The lowest BCUT2D eigenvalue weighted by atomic mass is 10.0. The number of nitrogens with zero attached hydrogens (tertiary/aromatic N) is 4. The van der Waals surface area contributed by atoms with Gasteiger partial charge in [0, 0.05) is 28.9 Å². The van der Waals surface area contributed by atoms with Crippen LogP contribution in [0.2, 0.25) is 0 Å². The molecule has 6 nitrogen and oxygen atoms in total. The maximum Gasteiger partial charge on any atom is 0.268 e. The summed E-state index contributed by atoms with van der Waals surface area (Å²) in [6, 6.07) is 19.6. The number of aryl methyl sites for hydroxylation is 1. The number of nitrogens with one attached hydrogen (secondary N) is 1. The number of aromatic nitrogens is 3. The van der Waals surface area contributed by atoms with Crippen LogP contribution in [0.1, 0.15) is 11.1 Å². The summed E-state index contributed by atoms with van der Waals surface area (Å²) >= 11 is 1.29. The molecule has 0 atom stereocenters. The number of hydrogen-bond acceptors (Lipinski definition) is 5. The van der Waals surface area contributed by atoms with Crippen LogP contribution in [0.4, 0.5) is 5.13 Å². The average Bonchev–Trinajstić information content (AvgIpc) is 3.42. The van der Waals surface area contributed by atoms with Gasteiger partial charge in [0.15, 0.2) is 5.13 Å². The Balaban J connectivity index is 1.78. The van der Waals surface area contributed by atoms with Gasteiger partial charge in [-0.2, -0.15) is 10.4 Å². The zero-order valence-electron chi connectivity index (χ0n) is 16.1. The molecule has 0 spiro atoms. The number of carbonyl (C=O) groups excluding carboxylic acids is 1. The topological polar surface area (TPSA) is 83.6 Å². The predicted octanol–water partition coefficient (Wildman–Crippen LogP) is 4.85. The standard InChI is InChI=1S/C23H17N5OS/c1-16-6-5-7-17(12-16)21-19(15-28(27-21)20-8-3-2-4-9-20)13-18(14-24)22(29)26-23-25-10-11-30-23/h2-13,15H,1H3,(H,25,26,29)/b18-13+. The van der Waals surface area contributed by atoms with E-state index in [2.05, 4.69) is 10.3 Å². The molecule has 0 aliphatic rings. The van der Waals surface area contributed by atoms with Crippen molar-refractivity contribution in [3.05, 3.63) is 89.1 Å². The zero-order chi connectivity index (χ0) is 20.9. The number of thiazole rings is 1. The molecule has 0 fully saturated rings. The highest BCUT2D eigenvalue weighted by atomic mass is 32.1. The lowest BCUT2D eigenvalue weighted by molar-refractivity contribution is -0.112. The first-order valence-corrected chi connectivity index (χ1v) is 10.1. The SMILES string of the molecule is Cc1cccc(-c2nn(-c3ccccc3)cc2/C=C(\C#N)C(=O)Nc2nccs2)c1. The Bertz CT molecular complexity index is 1250. The van der Waals surface area contributed by atoms with Crippen LogP contribution in [0.5, 0.6) is 0 Å². The van der Waals surface area contributed by atoms with E-state index in [1.54, 1.807) is 22.3 Å². The highest BCUT2D eigenvalue weighted by Gasteiger charge is 2.16. The number of rotatable bonds is 5. The minimum absolute atomic E-state index is 0.0216. The Labute approximate surface area is 177 Å². The number of benzene rings is 2. The fraction of sp³-hybridized carbons (Fsp3) is 0.0435. The average molecular weight is 411 g/mol. The minimum Gasteiger partial charge on any atom is -0.297 e. The monoisotopic (exact) mass is 411 g/mol. The van der Waals surface area contributed by atoms with Gasteiger partial charge in [-0.3, -0.25) is 10.1 Å². The largest absolute Gasteiger partial charge is 0.297 e. The predicted molar refractivity (Wildman–Crippen MR) is 118 cm³/mol. The summed E-state index contributed by atoms with van der Waals surface area (Å²) in [6.07, 6.45) is 4.98. The van der Waals surface area contributed by atoms with Crippen molar-refractivity contribution in [1.29, 1.82) is 5.26 Å². The molecular formula is C23H17N5OS. The van der Waals surface area contributed by atoms with Gasteiger partial charge in [0.1, 0.15) is 17.3 Å². The molecule has 4 rings (SSSR count).